The fourth-order valence-corrected chi connectivity index (χ4v) is 2.29. The van der Waals surface area contributed by atoms with Gasteiger partial charge in [0.2, 0.25) is 0 Å². The van der Waals surface area contributed by atoms with Gasteiger partial charge in [-0.15, -0.1) is 0 Å². The van der Waals surface area contributed by atoms with Crippen molar-refractivity contribution < 1.29 is 14.6 Å². The predicted molar refractivity (Wildman–Crippen MR) is 76.0 cm³/mol. The maximum absolute atomic E-state index is 12.3. The Hall–Kier alpha value is -1.03. The van der Waals surface area contributed by atoms with Gasteiger partial charge in [0.15, 0.2) is 0 Å². The minimum absolute atomic E-state index is 0.00204. The number of piperidine rings is 1. The van der Waals surface area contributed by atoms with Crippen molar-refractivity contribution in [1.82, 2.24) is 4.90 Å². The molecule has 1 N–H and O–H groups in total. The Balaban J connectivity index is 2.82. The highest BCUT2D eigenvalue weighted by atomic mass is 16.6. The van der Waals surface area contributed by atoms with Gasteiger partial charge in [0, 0.05) is 6.54 Å². The molecule has 0 aromatic heterocycles. The second-order valence-electron chi connectivity index (χ2n) is 6.99. The Kier molecular flexibility index (Phi) is 5.02. The molecule has 110 valence electrons. The van der Waals surface area contributed by atoms with Crippen molar-refractivity contribution >= 4 is 6.09 Å². The molecule has 1 aliphatic rings. The van der Waals surface area contributed by atoms with Crippen molar-refractivity contribution in [2.24, 2.45) is 5.41 Å². The molecular weight excluding hydrogens is 242 g/mol. The molecule has 0 aliphatic carbocycles. The van der Waals surface area contributed by atoms with Crippen molar-refractivity contribution in [3.63, 3.8) is 0 Å². The molecule has 0 bridgehead atoms. The third-order valence-electron chi connectivity index (χ3n) is 3.21. The van der Waals surface area contributed by atoms with E-state index in [2.05, 4.69) is 13.8 Å². The highest BCUT2D eigenvalue weighted by molar-refractivity contribution is 5.69. The third-order valence-corrected chi connectivity index (χ3v) is 3.21. The zero-order valence-electron chi connectivity index (χ0n) is 12.8. The Labute approximate surface area is 116 Å². The van der Waals surface area contributed by atoms with Gasteiger partial charge in [-0.2, -0.15) is 0 Å². The monoisotopic (exact) mass is 269 g/mol. The zero-order valence-corrected chi connectivity index (χ0v) is 12.8. The summed E-state index contributed by atoms with van der Waals surface area (Å²) in [6, 6.07) is 0.0232. The molecular formula is C15H27NO3. The molecule has 1 saturated heterocycles. The van der Waals surface area contributed by atoms with Gasteiger partial charge in [0.05, 0.1) is 12.6 Å². The van der Waals surface area contributed by atoms with E-state index in [-0.39, 0.29) is 24.2 Å². The van der Waals surface area contributed by atoms with Gasteiger partial charge in [0.25, 0.3) is 0 Å². The van der Waals surface area contributed by atoms with Crippen LogP contribution in [0.3, 0.4) is 0 Å². The second kappa shape index (κ2) is 5.95. The second-order valence-corrected chi connectivity index (χ2v) is 6.99. The fourth-order valence-electron chi connectivity index (χ4n) is 2.29. The summed E-state index contributed by atoms with van der Waals surface area (Å²) in [4.78, 5) is 14.1. The van der Waals surface area contributed by atoms with E-state index in [1.807, 2.05) is 26.8 Å². The first-order valence-electron chi connectivity index (χ1n) is 6.92. The summed E-state index contributed by atoms with van der Waals surface area (Å²) in [5.41, 5.74) is -0.371. The number of carbonyl (C=O) groups excluding carboxylic acids is 1. The number of amides is 1. The summed E-state index contributed by atoms with van der Waals surface area (Å²) in [5.74, 6) is 0. The first kappa shape index (κ1) is 16.0. The van der Waals surface area contributed by atoms with E-state index in [0.29, 0.717) is 6.54 Å². The van der Waals surface area contributed by atoms with Gasteiger partial charge < -0.3 is 14.7 Å². The molecule has 0 aromatic rings. The summed E-state index contributed by atoms with van der Waals surface area (Å²) >= 11 is 0. The van der Waals surface area contributed by atoms with E-state index in [9.17, 15) is 4.79 Å². The van der Waals surface area contributed by atoms with Crippen molar-refractivity contribution in [1.29, 1.82) is 0 Å². The number of nitrogens with zero attached hydrogens (tertiary/aromatic N) is 1. The average Bonchev–Trinajstić information content (AvgIpc) is 2.24. The van der Waals surface area contributed by atoms with Crippen LogP contribution < -0.4 is 0 Å². The lowest BCUT2D eigenvalue weighted by molar-refractivity contribution is -0.000457. The lowest BCUT2D eigenvalue weighted by Gasteiger charge is -2.42. The maximum Gasteiger partial charge on any atom is 0.410 e. The van der Waals surface area contributed by atoms with Crippen LogP contribution in [0.15, 0.2) is 12.2 Å². The molecule has 1 rings (SSSR count). The van der Waals surface area contributed by atoms with E-state index in [1.54, 1.807) is 11.0 Å². The van der Waals surface area contributed by atoms with Gasteiger partial charge in [-0.3, -0.25) is 0 Å². The first-order valence-corrected chi connectivity index (χ1v) is 6.92. The summed E-state index contributed by atoms with van der Waals surface area (Å²) in [6.07, 6.45) is 5.29. The number of aliphatic hydroxyl groups is 1. The van der Waals surface area contributed by atoms with Gasteiger partial charge in [-0.05, 0) is 39.0 Å². The Morgan fingerprint density at radius 1 is 1.47 bits per heavy atom. The molecule has 1 amide bonds. The van der Waals surface area contributed by atoms with Crippen LogP contribution in [-0.2, 0) is 4.74 Å². The highest BCUT2D eigenvalue weighted by Gasteiger charge is 2.36. The normalized spacial score (nSPS) is 23.7. The van der Waals surface area contributed by atoms with Crippen LogP contribution in [0.25, 0.3) is 0 Å². The third kappa shape index (κ3) is 5.23. The van der Waals surface area contributed by atoms with E-state index in [4.69, 9.17) is 9.84 Å². The number of aliphatic hydroxyl groups excluding tert-OH is 1. The smallest absolute Gasteiger partial charge is 0.410 e. The van der Waals surface area contributed by atoms with Crippen LogP contribution in [-0.4, -0.2) is 40.9 Å². The molecule has 4 heteroatoms. The molecule has 0 spiro atoms. The average molecular weight is 269 g/mol. The SMILES string of the molecule is CC1(C)CCC(/C=C/CO)N(C(=O)OC(C)(C)C)C1. The number of likely N-dealkylation sites (tertiary alicyclic amines) is 1. The summed E-state index contributed by atoms with van der Waals surface area (Å²) in [5, 5.41) is 8.89. The number of rotatable bonds is 2. The number of carbonyl (C=O) groups is 1. The zero-order chi connectivity index (χ0) is 14.7. The van der Waals surface area contributed by atoms with Crippen LogP contribution in [0, 0.1) is 5.41 Å². The van der Waals surface area contributed by atoms with E-state index in [0.717, 1.165) is 12.8 Å². The molecule has 1 fully saturated rings. The number of hydrogen-bond donors (Lipinski definition) is 1. The van der Waals surface area contributed by atoms with Crippen molar-refractivity contribution in [2.45, 2.75) is 59.1 Å². The van der Waals surface area contributed by atoms with Crippen LogP contribution in [0.5, 0.6) is 0 Å². The van der Waals surface area contributed by atoms with Crippen LogP contribution in [0.1, 0.15) is 47.5 Å². The standard InChI is InChI=1S/C15H27NO3/c1-14(2,3)19-13(18)16-11-15(4,5)9-8-12(16)7-6-10-17/h6-7,12,17H,8-11H2,1-5H3/b7-6+. The maximum atomic E-state index is 12.3. The molecule has 0 saturated carbocycles. The first-order chi connectivity index (χ1) is 8.64. The lowest BCUT2D eigenvalue weighted by Crippen LogP contribution is -2.50. The number of ether oxygens (including phenoxy) is 1. The van der Waals surface area contributed by atoms with Gasteiger partial charge in [-0.1, -0.05) is 26.0 Å². The van der Waals surface area contributed by atoms with Crippen molar-refractivity contribution in [3.8, 4) is 0 Å². The largest absolute Gasteiger partial charge is 0.444 e. The van der Waals surface area contributed by atoms with Crippen LogP contribution in [0.4, 0.5) is 4.79 Å². The van der Waals surface area contributed by atoms with Gasteiger partial charge in [0.1, 0.15) is 5.60 Å². The molecule has 0 radical (unpaired) electrons. The molecule has 1 aliphatic heterocycles. The summed E-state index contributed by atoms with van der Waals surface area (Å²) in [6.45, 7) is 10.6. The quantitative estimate of drug-likeness (QED) is 0.784. The minimum Gasteiger partial charge on any atom is -0.444 e. The molecule has 4 nitrogen and oxygen atoms in total. The predicted octanol–water partition coefficient (Wildman–Crippen LogP) is 2.96. The molecule has 1 unspecified atom stereocenters. The highest BCUT2D eigenvalue weighted by Crippen LogP contribution is 2.33. The minimum atomic E-state index is -0.482. The van der Waals surface area contributed by atoms with E-state index in [1.165, 1.54) is 0 Å². The summed E-state index contributed by atoms with van der Waals surface area (Å²) < 4.78 is 5.47. The molecule has 1 atom stereocenters. The summed E-state index contributed by atoms with van der Waals surface area (Å²) in [7, 11) is 0. The number of hydrogen-bond acceptors (Lipinski definition) is 3. The Morgan fingerprint density at radius 3 is 2.63 bits per heavy atom. The molecule has 19 heavy (non-hydrogen) atoms. The van der Waals surface area contributed by atoms with Crippen molar-refractivity contribution in [3.05, 3.63) is 12.2 Å². The van der Waals surface area contributed by atoms with Gasteiger partial charge in [-0.25, -0.2) is 4.79 Å². The van der Waals surface area contributed by atoms with E-state index >= 15 is 0 Å². The van der Waals surface area contributed by atoms with E-state index < -0.39 is 5.60 Å². The topological polar surface area (TPSA) is 49.8 Å². The Morgan fingerprint density at radius 2 is 2.11 bits per heavy atom. The fraction of sp³-hybridized carbons (Fsp3) is 0.800. The van der Waals surface area contributed by atoms with Crippen LogP contribution >= 0.6 is 0 Å². The Bertz CT molecular complexity index is 342. The lowest BCUT2D eigenvalue weighted by atomic mass is 9.81. The van der Waals surface area contributed by atoms with Crippen LogP contribution in [0.2, 0.25) is 0 Å². The molecule has 1 heterocycles. The molecule has 0 aromatic carbocycles. The van der Waals surface area contributed by atoms with Gasteiger partial charge >= 0.3 is 6.09 Å². The van der Waals surface area contributed by atoms with Crippen molar-refractivity contribution in [2.75, 3.05) is 13.2 Å².